The Hall–Kier alpha value is -3.16. The minimum Gasteiger partial charge on any atom is -0.392 e. The molecule has 0 fully saturated rings. The van der Waals surface area contributed by atoms with Gasteiger partial charge in [0.05, 0.1) is 19.0 Å². The van der Waals surface area contributed by atoms with Crippen molar-refractivity contribution in [3.05, 3.63) is 66.8 Å². The van der Waals surface area contributed by atoms with Crippen molar-refractivity contribution in [3.8, 4) is 0 Å². The number of benzene rings is 1. The molecule has 118 valence electrons. The lowest BCUT2D eigenvalue weighted by Gasteiger charge is -2.23. The number of pyridine rings is 1. The first kappa shape index (κ1) is 14.4. The zero-order valence-corrected chi connectivity index (χ0v) is 12.7. The molecule has 7 nitrogen and oxygen atoms in total. The van der Waals surface area contributed by atoms with Crippen LogP contribution in [0.2, 0.25) is 0 Å². The molecule has 1 atom stereocenters. The molecule has 0 bridgehead atoms. The highest BCUT2D eigenvalue weighted by Gasteiger charge is 2.42. The van der Waals surface area contributed by atoms with Crippen LogP contribution in [0.25, 0.3) is 0 Å². The average Bonchev–Trinajstić information content (AvgIpc) is 3.02. The molecule has 0 amide bonds. The average molecular weight is 319 g/mol. The van der Waals surface area contributed by atoms with Crippen LogP contribution < -0.4 is 9.91 Å². The highest BCUT2D eigenvalue weighted by atomic mass is 16.3. The number of fused-ring (bicyclic) bond motifs is 1. The third kappa shape index (κ3) is 2.41. The molecule has 1 aromatic heterocycles. The van der Waals surface area contributed by atoms with Crippen molar-refractivity contribution in [2.75, 3.05) is 5.32 Å². The van der Waals surface area contributed by atoms with Crippen LogP contribution in [0.3, 0.4) is 0 Å². The maximum Gasteiger partial charge on any atom is 0.287 e. The summed E-state index contributed by atoms with van der Waals surface area (Å²) in [6, 6.07) is 11.3. The van der Waals surface area contributed by atoms with E-state index in [1.165, 1.54) is 0 Å². The van der Waals surface area contributed by atoms with Crippen molar-refractivity contribution in [2.45, 2.75) is 6.61 Å². The second-order valence-electron chi connectivity index (χ2n) is 5.35. The molecule has 2 aliphatic heterocycles. The van der Waals surface area contributed by atoms with Crippen molar-refractivity contribution in [2.24, 2.45) is 15.1 Å². The maximum absolute atomic E-state index is 9.12. The van der Waals surface area contributed by atoms with Crippen LogP contribution in [0.1, 0.15) is 5.56 Å². The summed E-state index contributed by atoms with van der Waals surface area (Å²) in [4.78, 5) is 12.9. The first-order chi connectivity index (χ1) is 11.8. The van der Waals surface area contributed by atoms with Crippen molar-refractivity contribution in [1.82, 2.24) is 9.58 Å². The van der Waals surface area contributed by atoms with Gasteiger partial charge in [0, 0.05) is 18.0 Å². The zero-order chi connectivity index (χ0) is 16.4. The number of aliphatic hydroxyl groups excluding tert-OH is 1. The fourth-order valence-electron chi connectivity index (χ4n) is 2.59. The normalized spacial score (nSPS) is 21.2. The third-order valence-corrected chi connectivity index (χ3v) is 3.81. The van der Waals surface area contributed by atoms with E-state index < -0.39 is 0 Å². The smallest absolute Gasteiger partial charge is 0.287 e. The van der Waals surface area contributed by atoms with E-state index in [4.69, 9.17) is 10.2 Å². The molecule has 24 heavy (non-hydrogen) atoms. The molecule has 1 aromatic carbocycles. The van der Waals surface area contributed by atoms with Gasteiger partial charge in [-0.15, -0.1) is 0 Å². The molecule has 1 unspecified atom stereocenters. The Morgan fingerprint density at radius 1 is 1.12 bits per heavy atom. The zero-order valence-electron chi connectivity index (χ0n) is 12.7. The molecule has 0 saturated heterocycles. The van der Waals surface area contributed by atoms with Gasteiger partial charge in [0.1, 0.15) is 6.21 Å². The minimum absolute atomic E-state index is 0.0196. The van der Waals surface area contributed by atoms with E-state index in [0.29, 0.717) is 11.8 Å². The summed E-state index contributed by atoms with van der Waals surface area (Å²) in [6.07, 6.45) is 8.75. The van der Waals surface area contributed by atoms with Gasteiger partial charge >= 0.3 is 0 Å². The lowest BCUT2D eigenvalue weighted by atomic mass is 10.2. The monoisotopic (exact) mass is 319 g/mol. The molecule has 2 aliphatic rings. The topological polar surface area (TPSA) is 82.2 Å². The standard InChI is InChI=1S/C17H15N6O/c24-12-13-3-5-14(6-4-13)20-17-21-16-11-19-8-9-23(16,22-17)15-2-1-7-18-10-15/h1-11,24H,12H2,(H,20,22)/q+1. The Balaban J connectivity index is 1.69. The molecule has 2 aromatic rings. The molecule has 3 heterocycles. The number of quaternary nitrogens is 1. The number of amidine groups is 1. The Labute approximate surface area is 138 Å². The van der Waals surface area contributed by atoms with Crippen LogP contribution in [0, 0.1) is 0 Å². The van der Waals surface area contributed by atoms with Gasteiger partial charge < -0.3 is 10.4 Å². The van der Waals surface area contributed by atoms with Crippen LogP contribution in [0.4, 0.5) is 11.4 Å². The molecular weight excluding hydrogens is 304 g/mol. The number of nitrogens with one attached hydrogen (secondary N) is 1. The van der Waals surface area contributed by atoms with Gasteiger partial charge in [0.25, 0.3) is 11.8 Å². The molecule has 2 N–H and O–H groups in total. The quantitative estimate of drug-likeness (QED) is 0.851. The molecule has 0 radical (unpaired) electrons. The molecular formula is C17H15N6O+. The predicted octanol–water partition coefficient (Wildman–Crippen LogP) is 2.23. The van der Waals surface area contributed by atoms with Gasteiger partial charge in [-0.2, -0.15) is 4.99 Å². The highest BCUT2D eigenvalue weighted by molar-refractivity contribution is 6.38. The molecule has 0 spiro atoms. The number of guanidine groups is 1. The number of aromatic nitrogens is 1. The van der Waals surface area contributed by atoms with Crippen molar-refractivity contribution >= 4 is 29.4 Å². The number of aliphatic imine (C=N–C) groups is 2. The first-order valence-electron chi connectivity index (χ1n) is 7.47. The summed E-state index contributed by atoms with van der Waals surface area (Å²) in [6.45, 7) is 0.0196. The molecule has 0 aliphatic carbocycles. The van der Waals surface area contributed by atoms with E-state index in [-0.39, 0.29) is 11.2 Å². The predicted molar refractivity (Wildman–Crippen MR) is 94.5 cm³/mol. The van der Waals surface area contributed by atoms with E-state index in [1.54, 1.807) is 24.8 Å². The minimum atomic E-state index is 0.0196. The van der Waals surface area contributed by atoms with Crippen LogP contribution >= 0.6 is 0 Å². The van der Waals surface area contributed by atoms with Gasteiger partial charge in [-0.1, -0.05) is 16.7 Å². The van der Waals surface area contributed by atoms with Crippen LogP contribution in [-0.4, -0.2) is 28.1 Å². The van der Waals surface area contributed by atoms with Crippen molar-refractivity contribution in [3.63, 3.8) is 0 Å². The summed E-state index contributed by atoms with van der Waals surface area (Å²) >= 11 is 0. The lowest BCUT2D eigenvalue weighted by Crippen LogP contribution is -2.44. The summed E-state index contributed by atoms with van der Waals surface area (Å²) in [5.74, 6) is 1.18. The second-order valence-corrected chi connectivity index (χ2v) is 5.35. The van der Waals surface area contributed by atoms with E-state index in [2.05, 4.69) is 20.3 Å². The molecule has 7 heteroatoms. The fraction of sp³-hybridized carbons (Fsp3) is 0.0588. The van der Waals surface area contributed by atoms with E-state index in [0.717, 1.165) is 16.9 Å². The van der Waals surface area contributed by atoms with E-state index in [1.807, 2.05) is 42.6 Å². The molecule has 0 saturated carbocycles. The lowest BCUT2D eigenvalue weighted by molar-refractivity contribution is 0.282. The summed E-state index contributed by atoms with van der Waals surface area (Å²) < 4.78 is 0.106. The van der Waals surface area contributed by atoms with Crippen molar-refractivity contribution in [1.29, 1.82) is 0 Å². The van der Waals surface area contributed by atoms with Crippen LogP contribution in [0.15, 0.2) is 76.3 Å². The van der Waals surface area contributed by atoms with Gasteiger partial charge in [-0.05, 0) is 28.9 Å². The SMILES string of the molecule is OCc1ccc(NC2=N[N+]3(c4cccnc4)C=CN=CC3=N2)cc1. The second kappa shape index (κ2) is 5.80. The Morgan fingerprint density at radius 3 is 2.75 bits per heavy atom. The van der Waals surface area contributed by atoms with Gasteiger partial charge in [-0.3, -0.25) is 9.98 Å². The maximum atomic E-state index is 9.12. The van der Waals surface area contributed by atoms with Crippen LogP contribution in [0.5, 0.6) is 0 Å². The highest BCUT2D eigenvalue weighted by Crippen LogP contribution is 2.30. The Morgan fingerprint density at radius 2 is 2.00 bits per heavy atom. The van der Waals surface area contributed by atoms with Gasteiger partial charge in [0.2, 0.25) is 0 Å². The number of anilines is 1. The third-order valence-electron chi connectivity index (χ3n) is 3.81. The van der Waals surface area contributed by atoms with Crippen molar-refractivity contribution < 1.29 is 5.11 Å². The fourth-order valence-corrected chi connectivity index (χ4v) is 2.59. The Kier molecular flexibility index (Phi) is 3.49. The Bertz CT molecular complexity index is 870. The number of hydrogen-bond donors (Lipinski definition) is 2. The number of rotatable bonds is 3. The van der Waals surface area contributed by atoms with Crippen LogP contribution in [-0.2, 0) is 6.61 Å². The van der Waals surface area contributed by atoms with Gasteiger partial charge in [0.15, 0.2) is 11.9 Å². The van der Waals surface area contributed by atoms with E-state index >= 15 is 0 Å². The number of nitrogens with zero attached hydrogens (tertiary/aromatic N) is 5. The van der Waals surface area contributed by atoms with Gasteiger partial charge in [-0.25, -0.2) is 0 Å². The number of aliphatic hydroxyl groups is 1. The summed E-state index contributed by atoms with van der Waals surface area (Å²) in [7, 11) is 0. The molecule has 4 rings (SSSR count). The largest absolute Gasteiger partial charge is 0.392 e. The number of hydrogen-bond acceptors (Lipinski definition) is 6. The first-order valence-corrected chi connectivity index (χ1v) is 7.47. The van der Waals surface area contributed by atoms with E-state index in [9.17, 15) is 0 Å². The summed E-state index contributed by atoms with van der Waals surface area (Å²) in [5.41, 5.74) is 2.58. The summed E-state index contributed by atoms with van der Waals surface area (Å²) in [5, 5.41) is 17.0.